The number of para-hydroxylation sites is 2. The van der Waals surface area contributed by atoms with E-state index in [0.717, 1.165) is 26.9 Å². The summed E-state index contributed by atoms with van der Waals surface area (Å²) in [7, 11) is -2.20. The van der Waals surface area contributed by atoms with Crippen molar-refractivity contribution in [2.75, 3.05) is 11.8 Å². The van der Waals surface area contributed by atoms with Gasteiger partial charge >= 0.3 is 0 Å². The maximum absolute atomic E-state index is 12.8. The highest BCUT2D eigenvalue weighted by Crippen LogP contribution is 2.35. The van der Waals surface area contributed by atoms with Crippen molar-refractivity contribution in [2.45, 2.75) is 25.2 Å². The molecule has 0 unspecified atom stereocenters. The van der Waals surface area contributed by atoms with Gasteiger partial charge in [-0.3, -0.25) is 4.72 Å². The van der Waals surface area contributed by atoms with Crippen LogP contribution in [-0.4, -0.2) is 20.5 Å². The molecule has 3 rings (SSSR count). The van der Waals surface area contributed by atoms with Crippen molar-refractivity contribution in [1.29, 1.82) is 0 Å². The monoisotopic (exact) mass is 394 g/mol. The van der Waals surface area contributed by atoms with Crippen LogP contribution in [0, 0.1) is 6.92 Å². The van der Waals surface area contributed by atoms with Gasteiger partial charge in [-0.05, 0) is 31.5 Å². The fraction of sp³-hybridized carbons (Fsp3) is 0.235. The third-order valence-electron chi connectivity index (χ3n) is 3.62. The average Bonchev–Trinajstić information content (AvgIpc) is 3.21. The van der Waals surface area contributed by atoms with E-state index >= 15 is 0 Å². The Kier molecular flexibility index (Phi) is 5.12. The second kappa shape index (κ2) is 7.15. The van der Waals surface area contributed by atoms with Crippen LogP contribution in [0.15, 0.2) is 40.6 Å². The number of aryl methyl sites for hydroxylation is 2. The van der Waals surface area contributed by atoms with E-state index in [0.29, 0.717) is 11.4 Å². The van der Waals surface area contributed by atoms with Crippen molar-refractivity contribution < 1.29 is 13.2 Å². The molecule has 25 heavy (non-hydrogen) atoms. The first kappa shape index (κ1) is 17.9. The van der Waals surface area contributed by atoms with Crippen molar-refractivity contribution in [2.24, 2.45) is 0 Å². The van der Waals surface area contributed by atoms with Gasteiger partial charge in [-0.25, -0.2) is 13.4 Å². The lowest BCUT2D eigenvalue weighted by atomic mass is 10.3. The van der Waals surface area contributed by atoms with E-state index < -0.39 is 10.0 Å². The van der Waals surface area contributed by atoms with Crippen molar-refractivity contribution >= 4 is 38.4 Å². The van der Waals surface area contributed by atoms with Gasteiger partial charge in [0.1, 0.15) is 10.6 Å². The van der Waals surface area contributed by atoms with Crippen molar-refractivity contribution in [1.82, 2.24) is 4.98 Å². The number of sulfonamides is 1. The molecule has 2 aromatic heterocycles. The van der Waals surface area contributed by atoms with Gasteiger partial charge in [-0.15, -0.1) is 22.7 Å². The molecule has 0 aliphatic rings. The number of hydrogen-bond acceptors (Lipinski definition) is 6. The first-order chi connectivity index (χ1) is 11.9. The lowest BCUT2D eigenvalue weighted by Crippen LogP contribution is -2.13. The molecule has 0 aliphatic heterocycles. The highest BCUT2D eigenvalue weighted by molar-refractivity contribution is 7.93. The number of methoxy groups -OCH3 is 1. The van der Waals surface area contributed by atoms with E-state index in [1.807, 2.05) is 5.38 Å². The van der Waals surface area contributed by atoms with Crippen molar-refractivity contribution in [3.63, 3.8) is 0 Å². The smallest absolute Gasteiger partial charge is 0.263 e. The Morgan fingerprint density at radius 1 is 1.28 bits per heavy atom. The molecule has 0 saturated heterocycles. The number of thiophene rings is 1. The molecular weight excluding hydrogens is 376 g/mol. The van der Waals surface area contributed by atoms with Gasteiger partial charge in [0.2, 0.25) is 0 Å². The van der Waals surface area contributed by atoms with E-state index in [1.165, 1.54) is 18.4 Å². The van der Waals surface area contributed by atoms with E-state index in [-0.39, 0.29) is 4.90 Å². The number of aromatic nitrogens is 1. The minimum atomic E-state index is -3.71. The minimum Gasteiger partial charge on any atom is -0.495 e. The van der Waals surface area contributed by atoms with Gasteiger partial charge in [-0.2, -0.15) is 0 Å². The van der Waals surface area contributed by atoms with Gasteiger partial charge in [0.05, 0.1) is 28.4 Å². The fourth-order valence-corrected chi connectivity index (χ4v) is 5.82. The lowest BCUT2D eigenvalue weighted by molar-refractivity contribution is 0.417. The first-order valence-electron chi connectivity index (χ1n) is 7.65. The molecule has 8 heteroatoms. The number of ether oxygens (including phenoxy) is 1. The summed E-state index contributed by atoms with van der Waals surface area (Å²) in [5, 5.41) is 3.01. The number of nitrogens with zero attached hydrogens (tertiary/aromatic N) is 1. The van der Waals surface area contributed by atoms with Crippen LogP contribution in [0.5, 0.6) is 5.75 Å². The molecule has 0 radical (unpaired) electrons. The van der Waals surface area contributed by atoms with Crippen LogP contribution in [0.1, 0.15) is 16.8 Å². The Labute approximate surface area is 155 Å². The van der Waals surface area contributed by atoms with Crippen molar-refractivity contribution in [3.05, 3.63) is 45.6 Å². The number of hydrogen-bond donors (Lipinski definition) is 1. The Bertz CT molecular complexity index is 990. The molecule has 0 bridgehead atoms. The third kappa shape index (κ3) is 3.70. The van der Waals surface area contributed by atoms with E-state index in [9.17, 15) is 8.42 Å². The average molecular weight is 395 g/mol. The number of benzene rings is 1. The zero-order valence-electron chi connectivity index (χ0n) is 14.1. The topological polar surface area (TPSA) is 68.3 Å². The van der Waals surface area contributed by atoms with Crippen LogP contribution in [0.4, 0.5) is 5.69 Å². The molecule has 3 aromatic rings. The second-order valence-electron chi connectivity index (χ2n) is 5.32. The quantitative estimate of drug-likeness (QED) is 0.666. The van der Waals surface area contributed by atoms with Crippen LogP contribution in [-0.2, 0) is 16.4 Å². The Hall–Kier alpha value is -1.90. The van der Waals surface area contributed by atoms with Crippen LogP contribution in [0.2, 0.25) is 0 Å². The number of rotatable bonds is 6. The Morgan fingerprint density at radius 3 is 2.72 bits per heavy atom. The Balaban J connectivity index is 1.95. The van der Waals surface area contributed by atoms with Gasteiger partial charge in [0, 0.05) is 10.3 Å². The van der Waals surface area contributed by atoms with Gasteiger partial charge in [0.25, 0.3) is 10.0 Å². The zero-order valence-corrected chi connectivity index (χ0v) is 16.5. The molecule has 0 atom stereocenters. The number of anilines is 1. The Morgan fingerprint density at radius 2 is 2.04 bits per heavy atom. The van der Waals surface area contributed by atoms with Crippen molar-refractivity contribution in [3.8, 4) is 16.3 Å². The fourth-order valence-electron chi connectivity index (χ4n) is 2.37. The minimum absolute atomic E-state index is 0.268. The standard InChI is InChI=1S/C17H18N2O3S3/c1-4-17-18-13(10-23-17)15-9-16(11(2)24-15)25(20,21)19-12-7-5-6-8-14(12)22-3/h5-10,19H,4H2,1-3H3. The SMILES string of the molecule is CCc1nc(-c2cc(S(=O)(=O)Nc3ccccc3OC)c(C)s2)cs1. The van der Waals surface area contributed by atoms with Crippen LogP contribution in [0.25, 0.3) is 10.6 Å². The summed E-state index contributed by atoms with van der Waals surface area (Å²) < 4.78 is 33.5. The summed E-state index contributed by atoms with van der Waals surface area (Å²) in [6, 6.07) is 8.62. The summed E-state index contributed by atoms with van der Waals surface area (Å²) >= 11 is 3.02. The van der Waals surface area contributed by atoms with Gasteiger partial charge in [0.15, 0.2) is 0 Å². The number of thiazole rings is 1. The van der Waals surface area contributed by atoms with Crippen LogP contribution < -0.4 is 9.46 Å². The first-order valence-corrected chi connectivity index (χ1v) is 10.8. The second-order valence-corrected chi connectivity index (χ2v) is 9.17. The van der Waals surface area contributed by atoms with E-state index in [1.54, 1.807) is 48.6 Å². The molecule has 1 aromatic carbocycles. The lowest BCUT2D eigenvalue weighted by Gasteiger charge is -2.11. The van der Waals surface area contributed by atoms with Crippen LogP contribution in [0.3, 0.4) is 0 Å². The molecule has 0 fully saturated rings. The largest absolute Gasteiger partial charge is 0.495 e. The molecule has 0 aliphatic carbocycles. The summed E-state index contributed by atoms with van der Waals surface area (Å²) in [6.45, 7) is 3.85. The molecule has 0 spiro atoms. The number of nitrogens with one attached hydrogen (secondary N) is 1. The summed E-state index contributed by atoms with van der Waals surface area (Å²) in [5.74, 6) is 0.478. The summed E-state index contributed by atoms with van der Waals surface area (Å²) in [4.78, 5) is 6.39. The van der Waals surface area contributed by atoms with Gasteiger partial charge < -0.3 is 4.74 Å². The molecule has 2 heterocycles. The zero-order chi connectivity index (χ0) is 18.0. The highest BCUT2D eigenvalue weighted by Gasteiger charge is 2.22. The molecule has 0 amide bonds. The molecule has 1 N–H and O–H groups in total. The third-order valence-corrected chi connectivity index (χ3v) is 7.31. The van der Waals surface area contributed by atoms with Crippen LogP contribution >= 0.6 is 22.7 Å². The summed E-state index contributed by atoms with van der Waals surface area (Å²) in [5.41, 5.74) is 1.24. The molecule has 0 saturated carbocycles. The predicted octanol–water partition coefficient (Wildman–Crippen LogP) is 4.55. The molecule has 132 valence electrons. The molecular formula is C17H18N2O3S3. The maximum atomic E-state index is 12.8. The summed E-state index contributed by atoms with van der Waals surface area (Å²) in [6.07, 6.45) is 0.871. The van der Waals surface area contributed by atoms with E-state index in [4.69, 9.17) is 4.74 Å². The maximum Gasteiger partial charge on any atom is 0.263 e. The normalized spacial score (nSPS) is 11.5. The molecule has 5 nitrogen and oxygen atoms in total. The predicted molar refractivity (Wildman–Crippen MR) is 103 cm³/mol. The highest BCUT2D eigenvalue weighted by atomic mass is 32.2. The van der Waals surface area contributed by atoms with Gasteiger partial charge in [-0.1, -0.05) is 19.1 Å². The van der Waals surface area contributed by atoms with E-state index in [2.05, 4.69) is 16.6 Å².